The molecule has 8 heteroatoms. The molecule has 4 N–H and O–H groups in total. The van der Waals surface area contributed by atoms with Crippen molar-refractivity contribution in [3.63, 3.8) is 0 Å². The first kappa shape index (κ1) is 18.5. The van der Waals surface area contributed by atoms with Gasteiger partial charge in [-0.15, -0.1) is 0 Å². The zero-order valence-electron chi connectivity index (χ0n) is 13.6. The van der Waals surface area contributed by atoms with Crippen LogP contribution in [0, 0.1) is 0 Å². The molecular weight excluding hydrogens is 332 g/mol. The van der Waals surface area contributed by atoms with E-state index >= 15 is 0 Å². The summed E-state index contributed by atoms with van der Waals surface area (Å²) in [5, 5.41) is 0. The highest BCUT2D eigenvalue weighted by Gasteiger charge is 2.18. The number of benzene rings is 2. The van der Waals surface area contributed by atoms with Gasteiger partial charge >= 0.3 is 0 Å². The third-order valence-electron chi connectivity index (χ3n) is 3.30. The molecule has 2 aromatic rings. The normalized spacial score (nSPS) is 10.6. The largest absolute Gasteiger partial charge is 0.491 e. The van der Waals surface area contributed by atoms with Crippen molar-refractivity contribution in [2.24, 2.45) is 0 Å². The van der Waals surface area contributed by atoms with Crippen molar-refractivity contribution in [1.29, 1.82) is 0 Å². The number of hydrazine groups is 1. The van der Waals surface area contributed by atoms with Gasteiger partial charge in [0.05, 0.1) is 24.9 Å². The second-order valence-electron chi connectivity index (χ2n) is 5.06. The van der Waals surface area contributed by atoms with E-state index < -0.39 is 18.9 Å². The molecule has 134 valence electrons. The predicted molar refractivity (Wildman–Crippen MR) is 89.7 cm³/mol. The van der Waals surface area contributed by atoms with Crippen LogP contribution in [0.3, 0.4) is 0 Å². The van der Waals surface area contributed by atoms with Crippen LogP contribution in [0.5, 0.6) is 11.5 Å². The average Bonchev–Trinajstić information content (AvgIpc) is 2.60. The number of amides is 1. The van der Waals surface area contributed by atoms with Crippen LogP contribution in [0.4, 0.5) is 14.5 Å². The quantitative estimate of drug-likeness (QED) is 0.502. The minimum absolute atomic E-state index is 0.0596. The fourth-order valence-electron chi connectivity index (χ4n) is 2.11. The Bertz CT molecular complexity index is 712. The van der Waals surface area contributed by atoms with E-state index in [0.717, 1.165) is 5.56 Å². The Morgan fingerprint density at radius 2 is 1.92 bits per heavy atom. The fourth-order valence-corrected chi connectivity index (χ4v) is 2.11. The lowest BCUT2D eigenvalue weighted by molar-refractivity contribution is 0.0905. The Labute approximate surface area is 143 Å². The third kappa shape index (κ3) is 5.05. The first-order valence-corrected chi connectivity index (χ1v) is 7.47. The van der Waals surface area contributed by atoms with Crippen molar-refractivity contribution in [3.05, 3.63) is 53.6 Å². The number of carbonyl (C=O) groups excluding carboxylic acids is 1. The number of hydrogen-bond acceptors (Lipinski definition) is 5. The van der Waals surface area contributed by atoms with Crippen molar-refractivity contribution >= 4 is 11.6 Å². The second-order valence-corrected chi connectivity index (χ2v) is 5.06. The summed E-state index contributed by atoms with van der Waals surface area (Å²) in [5.41, 5.74) is 11.3. The van der Waals surface area contributed by atoms with Crippen molar-refractivity contribution in [2.75, 3.05) is 19.4 Å². The van der Waals surface area contributed by atoms with E-state index in [-0.39, 0.29) is 17.0 Å². The number of carbonyl (C=O) groups is 1. The molecule has 0 heterocycles. The van der Waals surface area contributed by atoms with Crippen LogP contribution in [0.1, 0.15) is 15.9 Å². The zero-order valence-corrected chi connectivity index (χ0v) is 13.6. The Balaban J connectivity index is 2.10. The molecule has 6 nitrogen and oxygen atoms in total. The van der Waals surface area contributed by atoms with Gasteiger partial charge in [-0.2, -0.15) is 0 Å². The van der Waals surface area contributed by atoms with Crippen molar-refractivity contribution in [2.45, 2.75) is 13.0 Å². The fraction of sp³-hybridized carbons (Fsp3) is 0.235. The molecule has 0 aromatic heterocycles. The van der Waals surface area contributed by atoms with Gasteiger partial charge in [-0.25, -0.2) is 14.2 Å². The van der Waals surface area contributed by atoms with Crippen LogP contribution in [-0.2, 0) is 6.61 Å². The highest BCUT2D eigenvalue weighted by molar-refractivity contribution is 6.00. The number of alkyl halides is 2. The van der Waals surface area contributed by atoms with Crippen molar-refractivity contribution in [3.8, 4) is 11.5 Å². The first-order valence-electron chi connectivity index (χ1n) is 7.47. The lowest BCUT2D eigenvalue weighted by atomic mass is 10.1. The molecule has 0 saturated heterocycles. The Morgan fingerprint density at radius 1 is 1.20 bits per heavy atom. The molecule has 2 aromatic carbocycles. The van der Waals surface area contributed by atoms with Crippen molar-refractivity contribution in [1.82, 2.24) is 10.9 Å². The van der Waals surface area contributed by atoms with Gasteiger partial charge in [0.2, 0.25) is 0 Å². The summed E-state index contributed by atoms with van der Waals surface area (Å²) in [7, 11) is 1.40. The molecule has 1 amide bonds. The van der Waals surface area contributed by atoms with Gasteiger partial charge in [0.25, 0.3) is 12.3 Å². The van der Waals surface area contributed by atoms with Gasteiger partial charge in [-0.05, 0) is 17.7 Å². The molecule has 0 aliphatic carbocycles. The molecule has 0 unspecified atom stereocenters. The molecule has 0 aliphatic rings. The van der Waals surface area contributed by atoms with Crippen LogP contribution < -0.4 is 26.1 Å². The summed E-state index contributed by atoms with van der Waals surface area (Å²) in [6.45, 7) is -0.362. The average molecular weight is 351 g/mol. The monoisotopic (exact) mass is 351 g/mol. The number of rotatable bonds is 8. The van der Waals surface area contributed by atoms with Gasteiger partial charge in [0, 0.05) is 0 Å². The minimum atomic E-state index is -2.58. The van der Waals surface area contributed by atoms with Crippen molar-refractivity contribution < 1.29 is 23.0 Å². The predicted octanol–water partition coefficient (Wildman–Crippen LogP) is 2.36. The highest BCUT2D eigenvalue weighted by Crippen LogP contribution is 2.36. The summed E-state index contributed by atoms with van der Waals surface area (Å²) in [5.74, 6) is -0.0653. The Morgan fingerprint density at radius 3 is 2.56 bits per heavy atom. The number of ether oxygens (including phenoxy) is 2. The van der Waals surface area contributed by atoms with E-state index in [1.165, 1.54) is 13.2 Å². The molecule has 2 rings (SSSR count). The van der Waals surface area contributed by atoms with Crippen LogP contribution in [0.15, 0.2) is 42.5 Å². The summed E-state index contributed by atoms with van der Waals surface area (Å²) in [6, 6.07) is 12.5. The van der Waals surface area contributed by atoms with Gasteiger partial charge in [0.15, 0.2) is 11.5 Å². The SMILES string of the molecule is COc1c(OCc2ccccc2)ccc(C(=O)NNCC(F)F)c1N. The smallest absolute Gasteiger partial charge is 0.267 e. The Kier molecular flexibility index (Phi) is 6.53. The van der Waals surface area contributed by atoms with E-state index in [9.17, 15) is 13.6 Å². The summed E-state index contributed by atoms with van der Waals surface area (Å²) in [6.07, 6.45) is -2.58. The minimum Gasteiger partial charge on any atom is -0.491 e. The number of halogens is 2. The standard InChI is InChI=1S/C17H19F2N3O3/c1-24-16-13(25-10-11-5-3-2-4-6-11)8-7-12(15(16)20)17(23)22-21-9-14(18)19/h2-8,14,21H,9-10,20H2,1H3,(H,22,23). The van der Waals surface area contributed by atoms with Gasteiger partial charge < -0.3 is 15.2 Å². The van der Waals surface area contributed by atoms with E-state index in [2.05, 4.69) is 10.9 Å². The maximum atomic E-state index is 12.1. The molecular formula is C17H19F2N3O3. The molecule has 0 radical (unpaired) electrons. The number of methoxy groups -OCH3 is 1. The summed E-state index contributed by atoms with van der Waals surface area (Å²) >= 11 is 0. The van der Waals surface area contributed by atoms with Gasteiger partial charge in [0.1, 0.15) is 6.61 Å². The third-order valence-corrected chi connectivity index (χ3v) is 3.30. The zero-order chi connectivity index (χ0) is 18.2. The molecule has 0 atom stereocenters. The first-order chi connectivity index (χ1) is 12.0. The number of hydrogen-bond donors (Lipinski definition) is 3. The maximum Gasteiger partial charge on any atom is 0.267 e. The van der Waals surface area contributed by atoms with Crippen LogP contribution in [0.2, 0.25) is 0 Å². The number of anilines is 1. The molecule has 25 heavy (non-hydrogen) atoms. The number of nitrogen functional groups attached to an aromatic ring is 1. The van der Waals surface area contributed by atoms with E-state index in [4.69, 9.17) is 15.2 Å². The topological polar surface area (TPSA) is 85.6 Å². The molecule has 0 fully saturated rings. The maximum absolute atomic E-state index is 12.1. The second kappa shape index (κ2) is 8.84. The van der Waals surface area contributed by atoms with E-state index in [1.807, 2.05) is 30.3 Å². The van der Waals surface area contributed by atoms with E-state index in [1.54, 1.807) is 6.07 Å². The summed E-state index contributed by atoms with van der Waals surface area (Å²) in [4.78, 5) is 12.0. The molecule has 0 saturated carbocycles. The number of nitrogens with one attached hydrogen (secondary N) is 2. The molecule has 0 bridgehead atoms. The Hall–Kier alpha value is -2.87. The number of nitrogens with two attached hydrogens (primary N) is 1. The van der Waals surface area contributed by atoms with Crippen LogP contribution in [-0.4, -0.2) is 26.0 Å². The van der Waals surface area contributed by atoms with Gasteiger partial charge in [-0.1, -0.05) is 30.3 Å². The summed E-state index contributed by atoms with van der Waals surface area (Å²) < 4.78 is 35.1. The van der Waals surface area contributed by atoms with E-state index in [0.29, 0.717) is 12.4 Å². The lowest BCUT2D eigenvalue weighted by Gasteiger charge is -2.15. The lowest BCUT2D eigenvalue weighted by Crippen LogP contribution is -2.40. The van der Waals surface area contributed by atoms with Crippen LogP contribution >= 0.6 is 0 Å². The molecule has 0 aliphatic heterocycles. The van der Waals surface area contributed by atoms with Crippen LogP contribution in [0.25, 0.3) is 0 Å². The molecule has 0 spiro atoms. The van der Waals surface area contributed by atoms with Gasteiger partial charge in [-0.3, -0.25) is 10.2 Å². The highest BCUT2D eigenvalue weighted by atomic mass is 19.3.